The standard InChI is InChI=1S/C17H28N2O/c1-4-16(18)17(19(2)14-9-5-6-10-14)13-8-7-11-15(12-13)20-3/h7-8,11-12,14,16-17H,4-6,9-10,18H2,1-3H3. The molecule has 2 rings (SSSR count). The van der Waals surface area contributed by atoms with Gasteiger partial charge in [0.05, 0.1) is 7.11 Å². The molecule has 20 heavy (non-hydrogen) atoms. The van der Waals surface area contributed by atoms with Crippen LogP contribution in [0.1, 0.15) is 50.6 Å². The lowest BCUT2D eigenvalue weighted by molar-refractivity contribution is 0.150. The summed E-state index contributed by atoms with van der Waals surface area (Å²) in [5, 5.41) is 0. The molecule has 2 N–H and O–H groups in total. The van der Waals surface area contributed by atoms with Crippen LogP contribution >= 0.6 is 0 Å². The van der Waals surface area contributed by atoms with Crippen LogP contribution in [0.4, 0.5) is 0 Å². The minimum Gasteiger partial charge on any atom is -0.497 e. The maximum Gasteiger partial charge on any atom is 0.119 e. The van der Waals surface area contributed by atoms with E-state index in [1.807, 2.05) is 6.07 Å². The quantitative estimate of drug-likeness (QED) is 0.866. The minimum absolute atomic E-state index is 0.160. The molecule has 0 spiro atoms. The monoisotopic (exact) mass is 276 g/mol. The summed E-state index contributed by atoms with van der Waals surface area (Å²) in [4.78, 5) is 2.50. The van der Waals surface area contributed by atoms with E-state index in [2.05, 4.69) is 37.1 Å². The minimum atomic E-state index is 0.160. The number of nitrogens with zero attached hydrogens (tertiary/aromatic N) is 1. The average molecular weight is 276 g/mol. The predicted molar refractivity (Wildman–Crippen MR) is 84.0 cm³/mol. The van der Waals surface area contributed by atoms with Gasteiger partial charge in [0.15, 0.2) is 0 Å². The number of rotatable bonds is 6. The molecule has 0 aromatic heterocycles. The highest BCUT2D eigenvalue weighted by atomic mass is 16.5. The van der Waals surface area contributed by atoms with E-state index in [0.717, 1.165) is 12.2 Å². The molecule has 2 atom stereocenters. The van der Waals surface area contributed by atoms with Gasteiger partial charge in [0.25, 0.3) is 0 Å². The number of nitrogens with two attached hydrogens (primary N) is 1. The third-order valence-corrected chi connectivity index (χ3v) is 4.65. The molecule has 1 aromatic rings. The van der Waals surface area contributed by atoms with Crippen molar-refractivity contribution in [3.8, 4) is 5.75 Å². The van der Waals surface area contributed by atoms with E-state index in [1.165, 1.54) is 31.2 Å². The Morgan fingerprint density at radius 2 is 2.05 bits per heavy atom. The molecule has 1 fully saturated rings. The Kier molecular flexibility index (Phi) is 5.44. The molecule has 3 heteroatoms. The lowest BCUT2D eigenvalue weighted by atomic mass is 9.95. The summed E-state index contributed by atoms with van der Waals surface area (Å²) in [6.45, 7) is 2.17. The number of benzene rings is 1. The van der Waals surface area contributed by atoms with Crippen molar-refractivity contribution in [3.63, 3.8) is 0 Å². The van der Waals surface area contributed by atoms with Crippen molar-refractivity contribution in [2.75, 3.05) is 14.2 Å². The van der Waals surface area contributed by atoms with E-state index in [0.29, 0.717) is 6.04 Å². The Hall–Kier alpha value is -1.06. The molecule has 0 saturated heterocycles. The first-order chi connectivity index (χ1) is 9.67. The second-order valence-corrected chi connectivity index (χ2v) is 5.90. The van der Waals surface area contributed by atoms with Crippen molar-refractivity contribution in [2.24, 2.45) is 5.73 Å². The molecular formula is C17H28N2O. The van der Waals surface area contributed by atoms with E-state index < -0.39 is 0 Å². The van der Waals surface area contributed by atoms with E-state index in [-0.39, 0.29) is 12.1 Å². The second-order valence-electron chi connectivity index (χ2n) is 5.90. The molecule has 1 aromatic carbocycles. The van der Waals surface area contributed by atoms with Crippen LogP contribution in [0.2, 0.25) is 0 Å². The maximum absolute atomic E-state index is 6.43. The van der Waals surface area contributed by atoms with Gasteiger partial charge in [0.2, 0.25) is 0 Å². The highest BCUT2D eigenvalue weighted by Crippen LogP contribution is 2.33. The first-order valence-corrected chi connectivity index (χ1v) is 7.78. The van der Waals surface area contributed by atoms with Crippen molar-refractivity contribution < 1.29 is 4.74 Å². The van der Waals surface area contributed by atoms with Gasteiger partial charge in [-0.15, -0.1) is 0 Å². The van der Waals surface area contributed by atoms with Gasteiger partial charge in [0, 0.05) is 18.1 Å². The fourth-order valence-electron chi connectivity index (χ4n) is 3.37. The van der Waals surface area contributed by atoms with Gasteiger partial charge in [-0.25, -0.2) is 0 Å². The summed E-state index contributed by atoms with van der Waals surface area (Å²) < 4.78 is 5.36. The zero-order valence-electron chi connectivity index (χ0n) is 13.0. The SMILES string of the molecule is CCC(N)C(c1cccc(OC)c1)N(C)C1CCCC1. The summed E-state index contributed by atoms with van der Waals surface area (Å²) >= 11 is 0. The molecule has 0 amide bonds. The number of hydrogen-bond acceptors (Lipinski definition) is 3. The van der Waals surface area contributed by atoms with Crippen LogP contribution in [0.5, 0.6) is 5.75 Å². The fourth-order valence-corrected chi connectivity index (χ4v) is 3.37. The zero-order chi connectivity index (χ0) is 14.5. The number of likely N-dealkylation sites (N-methyl/N-ethyl adjacent to an activating group) is 1. The first-order valence-electron chi connectivity index (χ1n) is 7.78. The summed E-state index contributed by atoms with van der Waals surface area (Å²) in [5.74, 6) is 0.913. The van der Waals surface area contributed by atoms with Crippen LogP contribution in [-0.2, 0) is 0 Å². The first kappa shape index (κ1) is 15.3. The largest absolute Gasteiger partial charge is 0.497 e. The van der Waals surface area contributed by atoms with Crippen molar-refractivity contribution in [1.82, 2.24) is 4.90 Å². The lowest BCUT2D eigenvalue weighted by Gasteiger charge is -2.37. The zero-order valence-corrected chi connectivity index (χ0v) is 13.0. The van der Waals surface area contributed by atoms with Crippen LogP contribution in [-0.4, -0.2) is 31.1 Å². The topological polar surface area (TPSA) is 38.5 Å². The highest BCUT2D eigenvalue weighted by Gasteiger charge is 2.30. The Balaban J connectivity index is 2.25. The lowest BCUT2D eigenvalue weighted by Crippen LogP contribution is -2.43. The average Bonchev–Trinajstić information content (AvgIpc) is 3.01. The summed E-state index contributed by atoms with van der Waals surface area (Å²) in [7, 11) is 3.95. The molecule has 3 nitrogen and oxygen atoms in total. The Morgan fingerprint density at radius 3 is 2.65 bits per heavy atom. The molecule has 1 aliphatic rings. The predicted octanol–water partition coefficient (Wildman–Crippen LogP) is 3.35. The van der Waals surface area contributed by atoms with E-state index in [4.69, 9.17) is 10.5 Å². The number of ether oxygens (including phenoxy) is 1. The third-order valence-electron chi connectivity index (χ3n) is 4.65. The Bertz CT molecular complexity index is 415. The van der Waals surface area contributed by atoms with Crippen LogP contribution < -0.4 is 10.5 Å². The third kappa shape index (κ3) is 3.33. The number of methoxy groups -OCH3 is 1. The number of hydrogen-bond donors (Lipinski definition) is 1. The van der Waals surface area contributed by atoms with Crippen LogP contribution in [0.3, 0.4) is 0 Å². The van der Waals surface area contributed by atoms with Crippen molar-refractivity contribution in [1.29, 1.82) is 0 Å². The fraction of sp³-hybridized carbons (Fsp3) is 0.647. The van der Waals surface area contributed by atoms with E-state index >= 15 is 0 Å². The Morgan fingerprint density at radius 1 is 1.35 bits per heavy atom. The van der Waals surface area contributed by atoms with Gasteiger partial charge in [-0.05, 0) is 44.0 Å². The van der Waals surface area contributed by atoms with Crippen molar-refractivity contribution >= 4 is 0 Å². The van der Waals surface area contributed by atoms with Gasteiger partial charge in [-0.1, -0.05) is 31.9 Å². The smallest absolute Gasteiger partial charge is 0.119 e. The molecule has 112 valence electrons. The van der Waals surface area contributed by atoms with Crippen LogP contribution in [0, 0.1) is 0 Å². The highest BCUT2D eigenvalue weighted by molar-refractivity contribution is 5.31. The van der Waals surface area contributed by atoms with Gasteiger partial charge in [0.1, 0.15) is 5.75 Å². The molecule has 0 aliphatic heterocycles. The molecule has 1 saturated carbocycles. The van der Waals surface area contributed by atoms with Gasteiger partial charge in [-0.3, -0.25) is 4.90 Å². The second kappa shape index (κ2) is 7.09. The van der Waals surface area contributed by atoms with Crippen molar-refractivity contribution in [3.05, 3.63) is 29.8 Å². The molecule has 0 bridgehead atoms. The van der Waals surface area contributed by atoms with E-state index in [1.54, 1.807) is 7.11 Å². The van der Waals surface area contributed by atoms with Gasteiger partial charge < -0.3 is 10.5 Å². The summed E-state index contributed by atoms with van der Waals surface area (Å²) in [6, 6.07) is 9.47. The molecule has 0 heterocycles. The molecule has 2 unspecified atom stereocenters. The molecule has 1 aliphatic carbocycles. The van der Waals surface area contributed by atoms with Gasteiger partial charge >= 0.3 is 0 Å². The van der Waals surface area contributed by atoms with Gasteiger partial charge in [-0.2, -0.15) is 0 Å². The summed E-state index contributed by atoms with van der Waals surface area (Å²) in [5.41, 5.74) is 7.70. The molecular weight excluding hydrogens is 248 g/mol. The maximum atomic E-state index is 6.43. The van der Waals surface area contributed by atoms with Crippen molar-refractivity contribution in [2.45, 2.75) is 57.2 Å². The van der Waals surface area contributed by atoms with E-state index in [9.17, 15) is 0 Å². The normalized spacial score (nSPS) is 19.2. The Labute approximate surface area is 123 Å². The summed E-state index contributed by atoms with van der Waals surface area (Å²) in [6.07, 6.45) is 6.28. The van der Waals surface area contributed by atoms with Crippen LogP contribution in [0.15, 0.2) is 24.3 Å². The van der Waals surface area contributed by atoms with Crippen LogP contribution in [0.25, 0.3) is 0 Å². The molecule has 0 radical (unpaired) electrons.